The molecular formula is C27H40O5. The van der Waals surface area contributed by atoms with E-state index in [4.69, 9.17) is 14.2 Å². The molecule has 1 aromatic rings. The van der Waals surface area contributed by atoms with Gasteiger partial charge in [-0.1, -0.05) is 38.0 Å². The predicted molar refractivity (Wildman–Crippen MR) is 127 cm³/mol. The van der Waals surface area contributed by atoms with Crippen LogP contribution in [0.1, 0.15) is 89.5 Å². The third kappa shape index (κ3) is 9.88. The van der Waals surface area contributed by atoms with Gasteiger partial charge < -0.3 is 14.2 Å². The van der Waals surface area contributed by atoms with Gasteiger partial charge in [-0.3, -0.25) is 0 Å². The maximum Gasteiger partial charge on any atom is 0.331 e. The van der Waals surface area contributed by atoms with Crippen molar-refractivity contribution in [3.05, 3.63) is 42.0 Å². The van der Waals surface area contributed by atoms with Crippen LogP contribution in [0.25, 0.3) is 0 Å². The van der Waals surface area contributed by atoms with Crippen molar-refractivity contribution in [2.45, 2.75) is 84.0 Å². The number of ether oxygens (including phenoxy) is 3. The van der Waals surface area contributed by atoms with Crippen molar-refractivity contribution in [1.29, 1.82) is 0 Å². The highest BCUT2D eigenvalue weighted by molar-refractivity contribution is 5.91. The van der Waals surface area contributed by atoms with E-state index in [2.05, 4.69) is 31.2 Å². The molecule has 1 aromatic carbocycles. The summed E-state index contributed by atoms with van der Waals surface area (Å²) in [6.45, 7) is 5.36. The van der Waals surface area contributed by atoms with Crippen molar-refractivity contribution in [2.24, 2.45) is 5.92 Å². The summed E-state index contributed by atoms with van der Waals surface area (Å²) in [4.78, 5) is 22.7. The van der Waals surface area contributed by atoms with Gasteiger partial charge in [-0.05, 0) is 81.8 Å². The summed E-state index contributed by atoms with van der Waals surface area (Å²) in [5.74, 6) is 1.55. The second-order valence-corrected chi connectivity index (χ2v) is 8.56. The molecule has 0 amide bonds. The average molecular weight is 445 g/mol. The monoisotopic (exact) mass is 444 g/mol. The Kier molecular flexibility index (Phi) is 12.6. The number of benzene rings is 1. The van der Waals surface area contributed by atoms with Crippen LogP contribution in [0.5, 0.6) is 5.75 Å². The molecule has 0 spiro atoms. The topological polar surface area (TPSA) is 61.8 Å². The summed E-state index contributed by atoms with van der Waals surface area (Å²) in [6, 6.07) is 8.54. The molecule has 2 rings (SSSR count). The van der Waals surface area contributed by atoms with Gasteiger partial charge in [-0.15, -0.1) is 0 Å². The van der Waals surface area contributed by atoms with Gasteiger partial charge in [0.15, 0.2) is 0 Å². The van der Waals surface area contributed by atoms with Crippen molar-refractivity contribution >= 4 is 11.9 Å². The number of unbranched alkanes of at least 4 members (excludes halogenated alkanes) is 3. The first kappa shape index (κ1) is 26.0. The van der Waals surface area contributed by atoms with Crippen LogP contribution in [0.2, 0.25) is 0 Å². The van der Waals surface area contributed by atoms with Gasteiger partial charge in [-0.2, -0.15) is 0 Å². The van der Waals surface area contributed by atoms with E-state index >= 15 is 0 Å². The van der Waals surface area contributed by atoms with Gasteiger partial charge in [0.25, 0.3) is 0 Å². The molecule has 0 saturated heterocycles. The molecule has 1 aliphatic rings. The lowest BCUT2D eigenvalue weighted by Crippen LogP contribution is -2.14. The van der Waals surface area contributed by atoms with Crippen LogP contribution < -0.4 is 4.74 Å². The van der Waals surface area contributed by atoms with E-state index in [-0.39, 0.29) is 6.61 Å². The number of rotatable bonds is 14. The number of carbonyl (C=O) groups excluding carboxylic acids is 2. The fourth-order valence-corrected chi connectivity index (χ4v) is 4.41. The van der Waals surface area contributed by atoms with E-state index in [1.54, 1.807) is 6.92 Å². The van der Waals surface area contributed by atoms with Gasteiger partial charge in [0.2, 0.25) is 0 Å². The Morgan fingerprint density at radius 3 is 2.22 bits per heavy atom. The zero-order valence-corrected chi connectivity index (χ0v) is 19.9. The average Bonchev–Trinajstić information content (AvgIpc) is 2.81. The Labute approximate surface area is 193 Å². The van der Waals surface area contributed by atoms with E-state index in [0.717, 1.165) is 49.5 Å². The molecule has 0 radical (unpaired) electrons. The zero-order chi connectivity index (χ0) is 23.0. The minimum Gasteiger partial charge on any atom is -0.493 e. The second-order valence-electron chi connectivity index (χ2n) is 8.56. The van der Waals surface area contributed by atoms with Crippen LogP contribution >= 0.6 is 0 Å². The van der Waals surface area contributed by atoms with Crippen LogP contribution in [-0.4, -0.2) is 31.8 Å². The highest BCUT2D eigenvalue weighted by Gasteiger charge is 2.23. The lowest BCUT2D eigenvalue weighted by molar-refractivity contribution is -0.140. The van der Waals surface area contributed by atoms with E-state index < -0.39 is 11.9 Å². The van der Waals surface area contributed by atoms with Crippen LogP contribution in [0.3, 0.4) is 0 Å². The third-order valence-corrected chi connectivity index (χ3v) is 6.09. The van der Waals surface area contributed by atoms with Gasteiger partial charge >= 0.3 is 11.9 Å². The summed E-state index contributed by atoms with van der Waals surface area (Å²) in [5, 5.41) is 0. The molecule has 5 nitrogen and oxygen atoms in total. The van der Waals surface area contributed by atoms with Crippen LogP contribution in [-0.2, 0) is 19.1 Å². The Morgan fingerprint density at radius 2 is 1.53 bits per heavy atom. The van der Waals surface area contributed by atoms with E-state index in [0.29, 0.717) is 19.1 Å². The highest BCUT2D eigenvalue weighted by Crippen LogP contribution is 2.40. The molecule has 1 aliphatic carbocycles. The van der Waals surface area contributed by atoms with Crippen molar-refractivity contribution in [3.8, 4) is 5.75 Å². The molecule has 0 heterocycles. The zero-order valence-electron chi connectivity index (χ0n) is 19.9. The van der Waals surface area contributed by atoms with E-state index in [9.17, 15) is 9.59 Å². The van der Waals surface area contributed by atoms with Crippen molar-refractivity contribution < 1.29 is 23.8 Å². The maximum atomic E-state index is 11.5. The number of hydrogen-bond acceptors (Lipinski definition) is 5. The molecule has 1 saturated carbocycles. The summed E-state index contributed by atoms with van der Waals surface area (Å²) in [5.41, 5.74) is 1.38. The lowest BCUT2D eigenvalue weighted by atomic mass is 9.77. The molecular weight excluding hydrogens is 404 g/mol. The summed E-state index contributed by atoms with van der Waals surface area (Å²) >= 11 is 0. The Morgan fingerprint density at radius 1 is 0.875 bits per heavy atom. The number of esters is 2. The SMILES string of the molecule is CCCC1CCC(c2ccccc2OCCCCCCOC(=O)/C=C/C(=O)OCC)CC1. The van der Waals surface area contributed by atoms with Crippen molar-refractivity contribution in [1.82, 2.24) is 0 Å². The van der Waals surface area contributed by atoms with Crippen molar-refractivity contribution in [3.63, 3.8) is 0 Å². The summed E-state index contributed by atoms with van der Waals surface area (Å²) < 4.78 is 15.9. The van der Waals surface area contributed by atoms with Gasteiger partial charge in [0.05, 0.1) is 19.8 Å². The number of para-hydroxylation sites is 1. The molecule has 178 valence electrons. The summed E-state index contributed by atoms with van der Waals surface area (Å²) in [6.07, 6.45) is 13.9. The summed E-state index contributed by atoms with van der Waals surface area (Å²) in [7, 11) is 0. The highest BCUT2D eigenvalue weighted by atomic mass is 16.5. The first-order chi connectivity index (χ1) is 15.6. The first-order valence-corrected chi connectivity index (χ1v) is 12.4. The minimum absolute atomic E-state index is 0.285. The van der Waals surface area contributed by atoms with E-state index in [1.165, 1.54) is 44.1 Å². The predicted octanol–water partition coefficient (Wildman–Crippen LogP) is 6.36. The standard InChI is InChI=1S/C27H40O5/c1-3-11-22-14-16-23(17-15-22)24-12-7-8-13-25(24)31-20-9-5-6-10-21-32-27(29)19-18-26(28)30-4-2/h7-8,12-13,18-19,22-23H,3-6,9-11,14-17,20-21H2,1-2H3/b19-18+. The van der Waals surface area contributed by atoms with Gasteiger partial charge in [-0.25, -0.2) is 9.59 Å². The fourth-order valence-electron chi connectivity index (χ4n) is 4.41. The number of carbonyl (C=O) groups is 2. The van der Waals surface area contributed by atoms with Gasteiger partial charge in [0.1, 0.15) is 5.75 Å². The Balaban J connectivity index is 1.59. The van der Waals surface area contributed by atoms with Crippen LogP contribution in [0, 0.1) is 5.92 Å². The molecule has 5 heteroatoms. The Bertz CT molecular complexity index is 704. The molecule has 32 heavy (non-hydrogen) atoms. The quantitative estimate of drug-likeness (QED) is 0.190. The van der Waals surface area contributed by atoms with Crippen LogP contribution in [0.4, 0.5) is 0 Å². The van der Waals surface area contributed by atoms with Crippen molar-refractivity contribution in [2.75, 3.05) is 19.8 Å². The fraction of sp³-hybridized carbons (Fsp3) is 0.630. The van der Waals surface area contributed by atoms with Gasteiger partial charge in [0, 0.05) is 12.2 Å². The van der Waals surface area contributed by atoms with Crippen LogP contribution in [0.15, 0.2) is 36.4 Å². The second kappa shape index (κ2) is 15.5. The molecule has 1 fully saturated rings. The maximum absolute atomic E-state index is 11.5. The number of hydrogen-bond donors (Lipinski definition) is 0. The molecule has 0 atom stereocenters. The molecule has 0 N–H and O–H groups in total. The largest absolute Gasteiger partial charge is 0.493 e. The van der Waals surface area contributed by atoms with E-state index in [1.807, 2.05) is 0 Å². The lowest BCUT2D eigenvalue weighted by Gasteiger charge is -2.29. The molecule has 0 unspecified atom stereocenters. The minimum atomic E-state index is -0.532. The Hall–Kier alpha value is -2.30. The third-order valence-electron chi connectivity index (χ3n) is 6.09. The normalized spacial score (nSPS) is 18.4. The molecule has 0 bridgehead atoms. The molecule has 0 aromatic heterocycles. The smallest absolute Gasteiger partial charge is 0.331 e. The first-order valence-electron chi connectivity index (χ1n) is 12.4. The molecule has 0 aliphatic heterocycles.